The summed E-state index contributed by atoms with van der Waals surface area (Å²) in [7, 11) is 0. The number of aliphatic hydroxyl groups excluding tert-OH is 1. The average Bonchev–Trinajstić information content (AvgIpc) is 3.36. The van der Waals surface area contributed by atoms with E-state index < -0.39 is 0 Å². The van der Waals surface area contributed by atoms with Gasteiger partial charge in [-0.3, -0.25) is 4.79 Å². The molecule has 0 unspecified atom stereocenters. The zero-order chi connectivity index (χ0) is 24.7. The van der Waals surface area contributed by atoms with Gasteiger partial charge in [-0.05, 0) is 94.6 Å². The van der Waals surface area contributed by atoms with E-state index in [1.54, 1.807) is 18.3 Å². The summed E-state index contributed by atoms with van der Waals surface area (Å²) in [4.78, 5) is 19.5. The number of rotatable bonds is 9. The van der Waals surface area contributed by atoms with Gasteiger partial charge in [0.05, 0.1) is 18.4 Å². The molecule has 7 heteroatoms. The highest BCUT2D eigenvalue weighted by Gasteiger charge is 2.26. The zero-order valence-corrected chi connectivity index (χ0v) is 21.0. The zero-order valence-electron chi connectivity index (χ0n) is 21.0. The number of hydrogen-bond donors (Lipinski definition) is 3. The molecule has 1 saturated heterocycles. The van der Waals surface area contributed by atoms with Gasteiger partial charge < -0.3 is 25.1 Å². The third-order valence-electron chi connectivity index (χ3n) is 8.02. The first kappa shape index (κ1) is 24.8. The minimum Gasteiger partial charge on any atom is -0.464 e. The fourth-order valence-corrected chi connectivity index (χ4v) is 5.83. The van der Waals surface area contributed by atoms with Crippen LogP contribution in [0.1, 0.15) is 66.8 Å². The predicted octanol–water partition coefficient (Wildman–Crippen LogP) is 4.79. The number of nitrogens with zero attached hydrogens (tertiary/aromatic N) is 2. The van der Waals surface area contributed by atoms with Crippen molar-refractivity contribution in [3.05, 3.63) is 60.0 Å². The first-order chi connectivity index (χ1) is 17.7. The van der Waals surface area contributed by atoms with Crippen LogP contribution in [-0.2, 0) is 0 Å². The Morgan fingerprint density at radius 2 is 1.86 bits per heavy atom. The van der Waals surface area contributed by atoms with Crippen molar-refractivity contribution in [3.8, 4) is 0 Å². The van der Waals surface area contributed by atoms with Gasteiger partial charge in [-0.1, -0.05) is 18.2 Å². The maximum atomic E-state index is 12.6. The molecule has 2 aliphatic rings. The van der Waals surface area contributed by atoms with Crippen LogP contribution in [0, 0.1) is 5.92 Å². The fourth-order valence-electron chi connectivity index (χ4n) is 5.83. The van der Waals surface area contributed by atoms with Crippen LogP contribution in [0.3, 0.4) is 0 Å². The third kappa shape index (κ3) is 6.08. The molecule has 3 aromatic rings. The number of amides is 1. The highest BCUT2D eigenvalue weighted by Crippen LogP contribution is 2.35. The van der Waals surface area contributed by atoms with E-state index in [1.165, 1.54) is 49.6 Å². The Labute approximate surface area is 213 Å². The minimum atomic E-state index is -0.0482. The van der Waals surface area contributed by atoms with Crippen LogP contribution in [0.4, 0.5) is 5.82 Å². The number of anilines is 1. The maximum absolute atomic E-state index is 12.6. The number of fused-ring (bicyclic) bond motifs is 1. The van der Waals surface area contributed by atoms with Gasteiger partial charge in [-0.15, -0.1) is 0 Å². The lowest BCUT2D eigenvalue weighted by Gasteiger charge is -2.34. The molecule has 192 valence electrons. The molecular formula is C29H38N4O3. The summed E-state index contributed by atoms with van der Waals surface area (Å²) in [6.07, 6.45) is 11.7. The normalized spacial score (nSPS) is 21.5. The quantitative estimate of drug-likeness (QED) is 0.400. The van der Waals surface area contributed by atoms with Gasteiger partial charge in [0.2, 0.25) is 0 Å². The van der Waals surface area contributed by atoms with Gasteiger partial charge in [0.15, 0.2) is 0 Å². The van der Waals surface area contributed by atoms with Crippen molar-refractivity contribution in [2.45, 2.75) is 56.9 Å². The molecule has 0 radical (unpaired) electrons. The standard InChI is InChI=1S/C29H38N4O3/c34-18-14-30-28-10-7-23(19-31-28)29(35)32-24-8-5-21(6-9-24)11-15-33-16-12-22(13-17-33)26-20-36-27-4-2-1-3-25(26)27/h1-4,7,10,19-22,24,34H,5-6,8-9,11-18H2,(H,30,31)(H,32,35). The van der Waals surface area contributed by atoms with Crippen LogP contribution < -0.4 is 10.6 Å². The summed E-state index contributed by atoms with van der Waals surface area (Å²) < 4.78 is 5.78. The lowest BCUT2D eigenvalue weighted by molar-refractivity contribution is 0.0919. The highest BCUT2D eigenvalue weighted by atomic mass is 16.3. The molecule has 2 fully saturated rings. The molecule has 36 heavy (non-hydrogen) atoms. The fraction of sp³-hybridized carbons (Fsp3) is 0.517. The first-order valence-electron chi connectivity index (χ1n) is 13.5. The van der Waals surface area contributed by atoms with Gasteiger partial charge in [0.25, 0.3) is 5.91 Å². The molecule has 7 nitrogen and oxygen atoms in total. The second kappa shape index (κ2) is 11.9. The monoisotopic (exact) mass is 490 g/mol. The number of para-hydroxylation sites is 1. The summed E-state index contributed by atoms with van der Waals surface area (Å²) in [6.45, 7) is 4.01. The molecule has 1 saturated carbocycles. The van der Waals surface area contributed by atoms with E-state index in [9.17, 15) is 4.79 Å². The second-order valence-electron chi connectivity index (χ2n) is 10.4. The van der Waals surface area contributed by atoms with Crippen LogP contribution in [-0.4, -0.2) is 59.7 Å². The molecule has 0 atom stereocenters. The molecule has 5 rings (SSSR count). The minimum absolute atomic E-state index is 0.0482. The Morgan fingerprint density at radius 3 is 2.61 bits per heavy atom. The number of piperidine rings is 1. The van der Waals surface area contributed by atoms with Crippen molar-refractivity contribution in [2.75, 3.05) is 38.1 Å². The molecule has 0 bridgehead atoms. The molecule has 1 aliphatic carbocycles. The number of carbonyl (C=O) groups excluding carboxylic acids is 1. The maximum Gasteiger partial charge on any atom is 0.253 e. The highest BCUT2D eigenvalue weighted by molar-refractivity contribution is 5.94. The largest absolute Gasteiger partial charge is 0.464 e. The predicted molar refractivity (Wildman–Crippen MR) is 142 cm³/mol. The number of pyridine rings is 1. The topological polar surface area (TPSA) is 90.6 Å². The van der Waals surface area contributed by atoms with Crippen molar-refractivity contribution in [3.63, 3.8) is 0 Å². The Hall–Kier alpha value is -2.90. The van der Waals surface area contributed by atoms with Gasteiger partial charge in [-0.25, -0.2) is 4.98 Å². The number of carbonyl (C=O) groups is 1. The Bertz CT molecular complexity index is 1110. The van der Waals surface area contributed by atoms with Crippen LogP contribution in [0.2, 0.25) is 0 Å². The summed E-state index contributed by atoms with van der Waals surface area (Å²) in [6, 6.07) is 12.2. The summed E-state index contributed by atoms with van der Waals surface area (Å²) in [5, 5.41) is 16.4. The van der Waals surface area contributed by atoms with Crippen LogP contribution in [0.25, 0.3) is 11.0 Å². The van der Waals surface area contributed by atoms with Crippen molar-refractivity contribution in [1.82, 2.24) is 15.2 Å². The van der Waals surface area contributed by atoms with Crippen molar-refractivity contribution in [2.24, 2.45) is 5.92 Å². The number of hydrogen-bond acceptors (Lipinski definition) is 6. The molecule has 3 heterocycles. The molecule has 1 aromatic carbocycles. The smallest absolute Gasteiger partial charge is 0.253 e. The molecule has 3 N–H and O–H groups in total. The van der Waals surface area contributed by atoms with Crippen molar-refractivity contribution >= 4 is 22.7 Å². The van der Waals surface area contributed by atoms with E-state index in [2.05, 4.69) is 38.7 Å². The number of aromatic nitrogens is 1. The SMILES string of the molecule is O=C(NC1CCC(CCN2CCC(c3coc4ccccc34)CC2)CC1)c1ccc(NCCO)nc1. The Balaban J connectivity index is 1.00. The van der Waals surface area contributed by atoms with E-state index in [4.69, 9.17) is 9.52 Å². The van der Waals surface area contributed by atoms with Gasteiger partial charge in [0.1, 0.15) is 11.4 Å². The number of likely N-dealkylation sites (tertiary alicyclic amines) is 1. The second-order valence-corrected chi connectivity index (χ2v) is 10.4. The van der Waals surface area contributed by atoms with Gasteiger partial charge >= 0.3 is 0 Å². The molecular weight excluding hydrogens is 452 g/mol. The van der Waals surface area contributed by atoms with E-state index >= 15 is 0 Å². The number of aliphatic hydroxyl groups is 1. The number of benzene rings is 1. The molecule has 0 spiro atoms. The first-order valence-corrected chi connectivity index (χ1v) is 13.5. The van der Waals surface area contributed by atoms with Crippen molar-refractivity contribution in [1.29, 1.82) is 0 Å². The molecule has 2 aromatic heterocycles. The van der Waals surface area contributed by atoms with Crippen LogP contribution >= 0.6 is 0 Å². The lowest BCUT2D eigenvalue weighted by atomic mass is 9.83. The summed E-state index contributed by atoms with van der Waals surface area (Å²) >= 11 is 0. The summed E-state index contributed by atoms with van der Waals surface area (Å²) in [5.41, 5.74) is 2.97. The van der Waals surface area contributed by atoms with Gasteiger partial charge in [0, 0.05) is 29.7 Å². The van der Waals surface area contributed by atoms with Gasteiger partial charge in [-0.2, -0.15) is 0 Å². The average molecular weight is 491 g/mol. The molecule has 1 aliphatic heterocycles. The van der Waals surface area contributed by atoms with Crippen molar-refractivity contribution < 1.29 is 14.3 Å². The van der Waals surface area contributed by atoms with E-state index in [0.717, 1.165) is 37.4 Å². The Kier molecular flexibility index (Phi) is 8.18. The number of furan rings is 1. The van der Waals surface area contributed by atoms with Crippen LogP contribution in [0.5, 0.6) is 0 Å². The van der Waals surface area contributed by atoms with E-state index in [-0.39, 0.29) is 18.6 Å². The van der Waals surface area contributed by atoms with E-state index in [1.807, 2.05) is 12.3 Å². The third-order valence-corrected chi connectivity index (χ3v) is 8.02. The lowest BCUT2D eigenvalue weighted by Crippen LogP contribution is -2.38. The summed E-state index contributed by atoms with van der Waals surface area (Å²) in [5.74, 6) is 1.98. The Morgan fingerprint density at radius 1 is 1.06 bits per heavy atom. The van der Waals surface area contributed by atoms with Crippen LogP contribution in [0.15, 0.2) is 53.3 Å². The molecule has 1 amide bonds. The van der Waals surface area contributed by atoms with E-state index in [0.29, 0.717) is 23.8 Å². The number of nitrogens with one attached hydrogen (secondary N) is 2.